The van der Waals surface area contributed by atoms with Crippen LogP contribution in [0.5, 0.6) is 0 Å². The molecule has 0 aromatic carbocycles. The molecule has 0 bridgehead atoms. The third-order valence-corrected chi connectivity index (χ3v) is 22.8. The summed E-state index contributed by atoms with van der Waals surface area (Å²) in [5, 5.41) is 146. The minimum Gasteiger partial charge on any atom is -0.394 e. The molecule has 0 aliphatic carbocycles. The van der Waals surface area contributed by atoms with E-state index in [0.29, 0.717) is 109 Å². The van der Waals surface area contributed by atoms with Crippen LogP contribution in [-0.2, 0) is 81.0 Å². The molecule has 36 nitrogen and oxygen atoms in total. The number of likely N-dealkylation sites (tertiary alicyclic amines) is 1. The predicted molar refractivity (Wildman–Crippen MR) is 420 cm³/mol. The highest BCUT2D eigenvalue weighted by Crippen LogP contribution is 2.32. The summed E-state index contributed by atoms with van der Waals surface area (Å²) in [6.07, 6.45) is -10.5. The number of hydrogen-bond acceptors (Lipinski definition) is 30. The van der Waals surface area contributed by atoms with Gasteiger partial charge < -0.3 is 141 Å². The van der Waals surface area contributed by atoms with Crippen molar-refractivity contribution in [3.05, 3.63) is 0 Å². The lowest BCUT2D eigenvalue weighted by Crippen LogP contribution is -2.55. The van der Waals surface area contributed by atoms with Gasteiger partial charge in [0.15, 0.2) is 30.9 Å². The van der Waals surface area contributed by atoms with Gasteiger partial charge in [0.1, 0.15) is 54.6 Å². The van der Waals surface area contributed by atoms with Crippen molar-refractivity contribution in [1.82, 2.24) is 31.5 Å². The van der Waals surface area contributed by atoms with Crippen LogP contribution in [0.25, 0.3) is 0 Å². The van der Waals surface area contributed by atoms with E-state index in [9.17, 15) is 105 Å². The smallest absolute Gasteiger partial charge is 0.223 e. The van der Waals surface area contributed by atoms with Crippen LogP contribution in [-0.4, -0.2) is 333 Å². The summed E-state index contributed by atoms with van der Waals surface area (Å²) in [6, 6.07) is -1.33. The molecule has 117 heavy (non-hydrogen) atoms. The second-order valence-corrected chi connectivity index (χ2v) is 32.7. The first-order valence-electron chi connectivity index (χ1n) is 42.9. The van der Waals surface area contributed by atoms with Crippen LogP contribution in [0.3, 0.4) is 0 Å². The SMILES string of the molecule is CC(C)OC[C@@H]1C[C@@H](O)CN1C(=O)CCCCCNC(=O)C(CCCNC(=O)C(CCCCNC(=O)CCCCO[C@@H]1OC(CO)[C@H](O)[C@H](O)C1C)CC(=O)CCCCO[C@@H]1OC(CO)[C@H](O)[C@H](O)C1C)CC(=O)C(CCCCNC(=O)CCCCO[C@@H]1OC(CO)[C@H](O)[C@H](O)C1C)NC(=O)CCCCO[C@@H]1OC(CO)[C@H](O)[C@H](O)C1C. The molecule has 36 heteroatoms. The minimum absolute atomic E-state index is 0.0367. The fourth-order valence-corrected chi connectivity index (χ4v) is 15.1. The second-order valence-electron chi connectivity index (χ2n) is 32.7. The Balaban J connectivity index is 1.23. The number of carbonyl (C=O) groups excluding carboxylic acids is 8. The number of carbonyl (C=O) groups is 8. The molecule has 5 rings (SSSR count). The molecule has 0 saturated carbocycles. The van der Waals surface area contributed by atoms with Crippen LogP contribution in [0.2, 0.25) is 0 Å². The quantitative estimate of drug-likeness (QED) is 0.0332. The topological polar surface area (TPSA) is 546 Å². The van der Waals surface area contributed by atoms with Crippen LogP contribution in [0.15, 0.2) is 0 Å². The van der Waals surface area contributed by atoms with Gasteiger partial charge in [-0.25, -0.2) is 0 Å². The standard InChI is InChI=1S/C81H144N6O30/c1-48(2)113-47-55-41-57(93)42-87(55)67(98)30-8-7-15-33-84-77(108)54(40-59(94)58(86-66(97)29-14-21-38-112-81-52(6)71(102)75(106)63(46-91)117-81)26-10-17-32-83-65(96)28-13-20-37-111-80-51(5)70(101)74(105)62(45-90)116-80)24-22-34-85-76(107)53(39-56(92)25-11-18-35-109-78-49(3)68(99)72(103)60(43-88)114-78)23-9-16-31-82-64(95)27-12-19-36-110-79-50(4)69(100)73(104)61(44-89)115-79/h48-55,57-58,60-63,68-75,78-81,88-91,93,99-106H,7-47H2,1-6H3,(H,82,95)(H,83,96)(H,84,108)(H,85,107)(H,86,97)/t49?,50?,51?,52?,53?,54?,55-,57+,58?,60?,61?,62?,63?,68+,69+,70+,71+,72-,73-,74-,75-,78+,79+,80+,81+/m0/s1. The monoisotopic (exact) mass is 1680 g/mol. The van der Waals surface area contributed by atoms with Gasteiger partial charge in [-0.15, -0.1) is 0 Å². The van der Waals surface area contributed by atoms with E-state index in [-0.39, 0.29) is 165 Å². The first kappa shape index (κ1) is 103. The van der Waals surface area contributed by atoms with Crippen molar-refractivity contribution in [3.63, 3.8) is 0 Å². The van der Waals surface area contributed by atoms with Crippen LogP contribution in [0.4, 0.5) is 0 Å². The highest BCUT2D eigenvalue weighted by molar-refractivity contribution is 5.92. The molecule has 0 spiro atoms. The molecule has 0 aromatic heterocycles. The number of nitrogens with zero attached hydrogens (tertiary/aromatic N) is 1. The lowest BCUT2D eigenvalue weighted by molar-refractivity contribution is -0.282. The van der Waals surface area contributed by atoms with Gasteiger partial charge in [0, 0.05) is 140 Å². The number of rotatable bonds is 59. The van der Waals surface area contributed by atoms with Crippen molar-refractivity contribution < 1.29 is 147 Å². The molecule has 5 fully saturated rings. The molecular formula is C81H144N6O30. The Morgan fingerprint density at radius 1 is 0.402 bits per heavy atom. The summed E-state index contributed by atoms with van der Waals surface area (Å²) in [5.41, 5.74) is 0. The van der Waals surface area contributed by atoms with Crippen molar-refractivity contribution in [2.75, 3.05) is 92.2 Å². The van der Waals surface area contributed by atoms with Gasteiger partial charge in [-0.1, -0.05) is 40.5 Å². The summed E-state index contributed by atoms with van der Waals surface area (Å²) in [4.78, 5) is 112. The number of hydrogen-bond donors (Lipinski definition) is 18. The molecule has 5 aliphatic rings. The number of Topliss-reactive ketones (excluding diaryl/α,β-unsaturated/α-hetero) is 2. The average Bonchev–Trinajstić information content (AvgIpc) is 1.70. The number of ketones is 2. The molecule has 0 radical (unpaired) electrons. The maximum atomic E-state index is 14.8. The van der Waals surface area contributed by atoms with E-state index in [1.54, 1.807) is 32.6 Å². The number of ether oxygens (including phenoxy) is 9. The van der Waals surface area contributed by atoms with E-state index in [0.717, 1.165) is 0 Å². The number of amides is 6. The van der Waals surface area contributed by atoms with Crippen molar-refractivity contribution in [3.8, 4) is 0 Å². The van der Waals surface area contributed by atoms with E-state index in [2.05, 4.69) is 26.6 Å². The third-order valence-electron chi connectivity index (χ3n) is 22.8. The van der Waals surface area contributed by atoms with Gasteiger partial charge in [0.2, 0.25) is 35.4 Å². The zero-order valence-electron chi connectivity index (χ0n) is 69.7. The summed E-state index contributed by atoms with van der Waals surface area (Å²) in [6.45, 7) is 10.2. The Morgan fingerprint density at radius 3 is 1.18 bits per heavy atom. The Bertz CT molecular complexity index is 2850. The van der Waals surface area contributed by atoms with Crippen molar-refractivity contribution in [1.29, 1.82) is 0 Å². The molecule has 18 N–H and O–H groups in total. The van der Waals surface area contributed by atoms with Gasteiger partial charge in [0.25, 0.3) is 0 Å². The van der Waals surface area contributed by atoms with E-state index in [1.807, 2.05) is 13.8 Å². The Hall–Kier alpha value is -4.72. The highest BCUT2D eigenvalue weighted by atomic mass is 16.7. The number of aliphatic hydroxyl groups is 13. The maximum Gasteiger partial charge on any atom is 0.223 e. The molecule has 6 amide bonds. The first-order valence-corrected chi connectivity index (χ1v) is 42.9. The van der Waals surface area contributed by atoms with Gasteiger partial charge >= 0.3 is 0 Å². The van der Waals surface area contributed by atoms with Gasteiger partial charge in [-0.05, 0) is 129 Å². The number of aliphatic hydroxyl groups excluding tert-OH is 13. The molecule has 0 aromatic rings. The largest absolute Gasteiger partial charge is 0.394 e. The van der Waals surface area contributed by atoms with Crippen LogP contribution in [0, 0.1) is 35.5 Å². The molecule has 11 unspecified atom stereocenters. The van der Waals surface area contributed by atoms with E-state index < -0.39 is 196 Å². The number of unbranched alkanes of at least 4 members (excludes halogenated alkanes) is 8. The highest BCUT2D eigenvalue weighted by Gasteiger charge is 2.47. The molecule has 25 atom stereocenters. The molecule has 5 heterocycles. The van der Waals surface area contributed by atoms with E-state index in [1.165, 1.54) is 0 Å². The summed E-state index contributed by atoms with van der Waals surface area (Å²) in [5.74, 6) is -6.70. The first-order chi connectivity index (χ1) is 55.9. The number of nitrogens with one attached hydrogen (secondary N) is 5. The lowest BCUT2D eigenvalue weighted by atomic mass is 9.91. The average molecular weight is 1680 g/mol. The van der Waals surface area contributed by atoms with Crippen LogP contribution >= 0.6 is 0 Å². The van der Waals surface area contributed by atoms with E-state index >= 15 is 0 Å². The molecular weight excluding hydrogens is 1540 g/mol. The summed E-state index contributed by atoms with van der Waals surface area (Å²) < 4.78 is 51.6. The fourth-order valence-electron chi connectivity index (χ4n) is 15.1. The Morgan fingerprint density at radius 2 is 0.761 bits per heavy atom. The molecule has 5 aliphatic heterocycles. The molecule has 678 valence electrons. The van der Waals surface area contributed by atoms with Crippen molar-refractivity contribution >= 4 is 47.0 Å². The van der Waals surface area contributed by atoms with E-state index in [4.69, 9.17) is 42.6 Å². The summed E-state index contributed by atoms with van der Waals surface area (Å²) >= 11 is 0. The van der Waals surface area contributed by atoms with Crippen molar-refractivity contribution in [2.45, 2.75) is 338 Å². The Kier molecular flexibility index (Phi) is 49.3. The zero-order valence-corrected chi connectivity index (χ0v) is 69.7. The van der Waals surface area contributed by atoms with Gasteiger partial charge in [-0.2, -0.15) is 0 Å². The zero-order chi connectivity index (χ0) is 86.1. The third kappa shape index (κ3) is 35.9. The van der Waals surface area contributed by atoms with Crippen LogP contribution < -0.4 is 26.6 Å². The summed E-state index contributed by atoms with van der Waals surface area (Å²) in [7, 11) is 0. The van der Waals surface area contributed by atoms with Crippen LogP contribution in [0.1, 0.15) is 215 Å². The predicted octanol–water partition coefficient (Wildman–Crippen LogP) is -0.797. The Labute approximate surface area is 688 Å². The maximum absolute atomic E-state index is 14.8. The molecule has 5 saturated heterocycles. The minimum atomic E-state index is -1.31. The fraction of sp³-hybridized carbons (Fsp3) is 0.901. The van der Waals surface area contributed by atoms with Crippen molar-refractivity contribution in [2.24, 2.45) is 35.5 Å². The van der Waals surface area contributed by atoms with Gasteiger partial charge in [0.05, 0.1) is 81.7 Å². The number of β-amino-alcohol motifs (C(OH)–C–C–N with tert-alkyl or cyclic N) is 1. The lowest BCUT2D eigenvalue weighted by Gasteiger charge is -2.40. The second kappa shape index (κ2) is 56.1. The normalized spacial score (nSPS) is 30.2. The van der Waals surface area contributed by atoms with Gasteiger partial charge in [-0.3, -0.25) is 38.4 Å².